The van der Waals surface area contributed by atoms with Crippen molar-refractivity contribution in [1.82, 2.24) is 14.9 Å². The normalized spacial score (nSPS) is 11.2. The van der Waals surface area contributed by atoms with E-state index in [0.717, 1.165) is 5.56 Å². The molecule has 0 spiro atoms. The van der Waals surface area contributed by atoms with Gasteiger partial charge in [-0.2, -0.15) is 5.10 Å². The number of aromatic nitrogens is 3. The number of ether oxygens (including phenoxy) is 1. The zero-order chi connectivity index (χ0) is 15.5. The molecule has 0 atom stereocenters. The van der Waals surface area contributed by atoms with Crippen LogP contribution in [-0.4, -0.2) is 21.5 Å². The van der Waals surface area contributed by atoms with Crippen LogP contribution in [0.4, 0.5) is 0 Å². The second-order valence-electron chi connectivity index (χ2n) is 4.99. The van der Waals surface area contributed by atoms with Gasteiger partial charge in [-0.1, -0.05) is 35.5 Å². The van der Waals surface area contributed by atoms with Gasteiger partial charge in [-0.3, -0.25) is 4.79 Å². The van der Waals surface area contributed by atoms with Gasteiger partial charge in [0.15, 0.2) is 5.52 Å². The summed E-state index contributed by atoms with van der Waals surface area (Å²) in [6.07, 6.45) is 0. The van der Waals surface area contributed by atoms with Crippen LogP contribution in [0.25, 0.3) is 10.9 Å². The van der Waals surface area contributed by atoms with Crippen molar-refractivity contribution in [2.75, 3.05) is 6.61 Å². The third-order valence-electron chi connectivity index (χ3n) is 3.45. The number of aryl methyl sites for hydroxylation is 1. The predicted molar refractivity (Wildman–Crippen MR) is 81.7 cm³/mol. The number of benzene rings is 1. The van der Waals surface area contributed by atoms with Crippen molar-refractivity contribution in [3.63, 3.8) is 0 Å². The van der Waals surface area contributed by atoms with Gasteiger partial charge in [-0.05, 0) is 19.4 Å². The predicted octanol–water partition coefficient (Wildman–Crippen LogP) is 2.28. The molecule has 0 unspecified atom stereocenters. The fourth-order valence-electron chi connectivity index (χ4n) is 2.38. The molecule has 0 aliphatic heterocycles. The van der Waals surface area contributed by atoms with E-state index in [9.17, 15) is 4.79 Å². The molecule has 0 bridgehead atoms. The van der Waals surface area contributed by atoms with Crippen molar-refractivity contribution in [2.24, 2.45) is 0 Å². The van der Waals surface area contributed by atoms with Crippen molar-refractivity contribution < 1.29 is 9.26 Å². The Morgan fingerprint density at radius 1 is 1.27 bits per heavy atom. The first-order chi connectivity index (χ1) is 10.7. The van der Waals surface area contributed by atoms with E-state index in [2.05, 4.69) is 10.3 Å². The molecule has 0 aliphatic carbocycles. The second kappa shape index (κ2) is 6.11. The Labute approximate surface area is 127 Å². The number of fused-ring (bicyclic) bond motifs is 1. The van der Waals surface area contributed by atoms with Gasteiger partial charge >= 0.3 is 0 Å². The molecule has 2 aromatic heterocycles. The molecule has 0 fully saturated rings. The molecule has 0 N–H and O–H groups in total. The summed E-state index contributed by atoms with van der Waals surface area (Å²) < 4.78 is 12.0. The minimum absolute atomic E-state index is 0.254. The van der Waals surface area contributed by atoms with E-state index in [1.165, 1.54) is 4.68 Å². The summed E-state index contributed by atoms with van der Waals surface area (Å²) in [5.74, 6) is 0.584. The van der Waals surface area contributed by atoms with Crippen molar-refractivity contribution in [3.8, 4) is 0 Å². The van der Waals surface area contributed by atoms with Gasteiger partial charge in [0, 0.05) is 6.61 Å². The fourth-order valence-corrected chi connectivity index (χ4v) is 2.38. The lowest BCUT2D eigenvalue weighted by Gasteiger charge is -2.08. The molecular formula is C16H17N3O3. The standard InChI is InChI=1S/C16H17N3O3/c1-3-21-10-13-14-11(2)22-18-15(14)16(20)19(17-13)9-12-7-5-4-6-8-12/h4-8H,3,9-10H2,1-2H3. The van der Waals surface area contributed by atoms with Crippen molar-refractivity contribution >= 4 is 10.9 Å². The summed E-state index contributed by atoms with van der Waals surface area (Å²) >= 11 is 0. The van der Waals surface area contributed by atoms with Crippen molar-refractivity contribution in [1.29, 1.82) is 0 Å². The Kier molecular flexibility index (Phi) is 4.02. The van der Waals surface area contributed by atoms with Gasteiger partial charge in [0.05, 0.1) is 24.2 Å². The van der Waals surface area contributed by atoms with E-state index < -0.39 is 0 Å². The quantitative estimate of drug-likeness (QED) is 0.723. The molecule has 3 aromatic rings. The van der Waals surface area contributed by atoms with Crippen LogP contribution in [0.3, 0.4) is 0 Å². The SMILES string of the molecule is CCOCc1nn(Cc2ccccc2)c(=O)c2noc(C)c12. The monoisotopic (exact) mass is 299 g/mol. The minimum atomic E-state index is -0.254. The van der Waals surface area contributed by atoms with Crippen molar-refractivity contribution in [2.45, 2.75) is 27.0 Å². The molecule has 114 valence electrons. The Hall–Kier alpha value is -2.47. The molecule has 2 heterocycles. The minimum Gasteiger partial charge on any atom is -0.375 e. The van der Waals surface area contributed by atoms with Crippen LogP contribution in [0.2, 0.25) is 0 Å². The molecule has 0 aliphatic rings. The highest BCUT2D eigenvalue weighted by Crippen LogP contribution is 2.18. The summed E-state index contributed by atoms with van der Waals surface area (Å²) in [4.78, 5) is 12.5. The largest absolute Gasteiger partial charge is 0.375 e. The second-order valence-corrected chi connectivity index (χ2v) is 4.99. The lowest BCUT2D eigenvalue weighted by atomic mass is 10.2. The Balaban J connectivity index is 2.10. The number of rotatable bonds is 5. The van der Waals surface area contributed by atoms with Crippen molar-refractivity contribution in [3.05, 3.63) is 57.7 Å². The molecule has 0 amide bonds. The average molecular weight is 299 g/mol. The summed E-state index contributed by atoms with van der Waals surface area (Å²) in [5, 5.41) is 8.99. The zero-order valence-electron chi connectivity index (χ0n) is 12.6. The fraction of sp³-hybridized carbons (Fsp3) is 0.312. The number of hydrogen-bond donors (Lipinski definition) is 0. The molecule has 0 saturated carbocycles. The molecule has 6 heteroatoms. The van der Waals surface area contributed by atoms with Gasteiger partial charge in [0.2, 0.25) is 0 Å². The topological polar surface area (TPSA) is 70.2 Å². The smallest absolute Gasteiger partial charge is 0.297 e. The highest BCUT2D eigenvalue weighted by molar-refractivity contribution is 5.81. The molecular weight excluding hydrogens is 282 g/mol. The first-order valence-electron chi connectivity index (χ1n) is 7.18. The maximum Gasteiger partial charge on any atom is 0.297 e. The Bertz CT molecular complexity index is 837. The van der Waals surface area contributed by atoms with Crippen LogP contribution < -0.4 is 5.56 Å². The molecule has 0 saturated heterocycles. The molecule has 1 aromatic carbocycles. The highest BCUT2D eigenvalue weighted by Gasteiger charge is 2.17. The van der Waals surface area contributed by atoms with E-state index in [-0.39, 0.29) is 5.56 Å². The van der Waals surface area contributed by atoms with Gasteiger partial charge in [-0.15, -0.1) is 0 Å². The van der Waals surface area contributed by atoms with E-state index in [4.69, 9.17) is 9.26 Å². The van der Waals surface area contributed by atoms with Crippen LogP contribution >= 0.6 is 0 Å². The van der Waals surface area contributed by atoms with E-state index in [1.807, 2.05) is 37.3 Å². The number of nitrogens with zero attached hydrogens (tertiary/aromatic N) is 3. The highest BCUT2D eigenvalue weighted by atomic mass is 16.5. The van der Waals surface area contributed by atoms with Crippen LogP contribution in [0.15, 0.2) is 39.6 Å². The lowest BCUT2D eigenvalue weighted by Crippen LogP contribution is -2.25. The third kappa shape index (κ3) is 2.65. The van der Waals surface area contributed by atoms with Crippen LogP contribution in [0.1, 0.15) is 23.9 Å². The first-order valence-corrected chi connectivity index (χ1v) is 7.18. The van der Waals surface area contributed by atoms with Crippen LogP contribution in [-0.2, 0) is 17.9 Å². The van der Waals surface area contributed by atoms with Gasteiger partial charge in [0.25, 0.3) is 5.56 Å². The molecule has 0 radical (unpaired) electrons. The van der Waals surface area contributed by atoms with Gasteiger partial charge in [-0.25, -0.2) is 4.68 Å². The van der Waals surface area contributed by atoms with Gasteiger partial charge in [0.1, 0.15) is 5.76 Å². The molecule has 22 heavy (non-hydrogen) atoms. The number of hydrogen-bond acceptors (Lipinski definition) is 5. The Morgan fingerprint density at radius 2 is 2.05 bits per heavy atom. The van der Waals surface area contributed by atoms with Gasteiger partial charge < -0.3 is 9.26 Å². The first kappa shape index (κ1) is 14.5. The van der Waals surface area contributed by atoms with Crippen LogP contribution in [0, 0.1) is 6.92 Å². The Morgan fingerprint density at radius 3 is 2.77 bits per heavy atom. The van der Waals surface area contributed by atoms with E-state index in [0.29, 0.717) is 42.1 Å². The zero-order valence-corrected chi connectivity index (χ0v) is 12.6. The van der Waals surface area contributed by atoms with E-state index >= 15 is 0 Å². The molecule has 6 nitrogen and oxygen atoms in total. The summed E-state index contributed by atoms with van der Waals surface area (Å²) in [5.41, 5.74) is 1.72. The summed E-state index contributed by atoms with van der Waals surface area (Å²) in [6, 6.07) is 9.70. The maximum absolute atomic E-state index is 12.5. The summed E-state index contributed by atoms with van der Waals surface area (Å²) in [6.45, 7) is 4.97. The summed E-state index contributed by atoms with van der Waals surface area (Å²) in [7, 11) is 0. The average Bonchev–Trinajstić information content (AvgIpc) is 2.92. The third-order valence-corrected chi connectivity index (χ3v) is 3.45. The van der Waals surface area contributed by atoms with E-state index in [1.54, 1.807) is 6.92 Å². The molecule has 3 rings (SSSR count). The van der Waals surface area contributed by atoms with Crippen LogP contribution in [0.5, 0.6) is 0 Å². The maximum atomic E-state index is 12.5. The lowest BCUT2D eigenvalue weighted by molar-refractivity contribution is 0.131.